The van der Waals surface area contributed by atoms with Crippen LogP contribution in [0.15, 0.2) is 34.2 Å². The fraction of sp³-hybridized carbons (Fsp3) is 0.167. The SMILES string of the molecule is CN(Cc1cc(Br)cs1)C(=O)c1cc(Cl)ccn1. The smallest absolute Gasteiger partial charge is 0.272 e. The maximum atomic E-state index is 12.1. The molecule has 2 rings (SSSR count). The maximum absolute atomic E-state index is 12.1. The van der Waals surface area contributed by atoms with Gasteiger partial charge in [-0.3, -0.25) is 9.78 Å². The van der Waals surface area contributed by atoms with Crippen molar-refractivity contribution in [3.8, 4) is 0 Å². The number of carbonyl (C=O) groups is 1. The highest BCUT2D eigenvalue weighted by Crippen LogP contribution is 2.21. The van der Waals surface area contributed by atoms with E-state index in [2.05, 4.69) is 20.9 Å². The fourth-order valence-corrected chi connectivity index (χ4v) is 3.12. The van der Waals surface area contributed by atoms with Crippen LogP contribution in [0.2, 0.25) is 5.02 Å². The zero-order chi connectivity index (χ0) is 13.1. The summed E-state index contributed by atoms with van der Waals surface area (Å²) in [7, 11) is 1.75. The number of carbonyl (C=O) groups excluding carboxylic acids is 1. The van der Waals surface area contributed by atoms with Gasteiger partial charge in [0.2, 0.25) is 0 Å². The molecule has 94 valence electrons. The summed E-state index contributed by atoms with van der Waals surface area (Å²) in [6.07, 6.45) is 1.53. The van der Waals surface area contributed by atoms with Crippen molar-refractivity contribution < 1.29 is 4.79 Å². The van der Waals surface area contributed by atoms with Crippen molar-refractivity contribution in [1.82, 2.24) is 9.88 Å². The zero-order valence-electron chi connectivity index (χ0n) is 9.56. The Labute approximate surface area is 123 Å². The van der Waals surface area contributed by atoms with Crippen LogP contribution in [0.3, 0.4) is 0 Å². The van der Waals surface area contributed by atoms with Crippen molar-refractivity contribution in [3.63, 3.8) is 0 Å². The minimum Gasteiger partial charge on any atom is -0.335 e. The first-order valence-corrected chi connectivity index (χ1v) is 7.21. The molecule has 1 amide bonds. The van der Waals surface area contributed by atoms with Gasteiger partial charge >= 0.3 is 0 Å². The lowest BCUT2D eigenvalue weighted by atomic mass is 10.3. The predicted molar refractivity (Wildman–Crippen MR) is 77.1 cm³/mol. The van der Waals surface area contributed by atoms with Gasteiger partial charge in [-0.15, -0.1) is 11.3 Å². The minimum atomic E-state index is -0.137. The quantitative estimate of drug-likeness (QED) is 0.847. The van der Waals surface area contributed by atoms with Gasteiger partial charge < -0.3 is 4.90 Å². The van der Waals surface area contributed by atoms with Crippen LogP contribution in [0.4, 0.5) is 0 Å². The summed E-state index contributed by atoms with van der Waals surface area (Å²) in [6.45, 7) is 0.559. The highest BCUT2D eigenvalue weighted by atomic mass is 79.9. The molecular weight excluding hydrogens is 336 g/mol. The van der Waals surface area contributed by atoms with Crippen LogP contribution in [-0.2, 0) is 6.54 Å². The number of halogens is 2. The average Bonchev–Trinajstić information content (AvgIpc) is 2.73. The second-order valence-corrected chi connectivity index (χ2v) is 6.10. The van der Waals surface area contributed by atoms with Crippen molar-refractivity contribution >= 4 is 44.8 Å². The minimum absolute atomic E-state index is 0.137. The van der Waals surface area contributed by atoms with Gasteiger partial charge in [0.25, 0.3) is 5.91 Å². The monoisotopic (exact) mass is 344 g/mol. The summed E-state index contributed by atoms with van der Waals surface area (Å²) in [5.41, 5.74) is 0.362. The zero-order valence-corrected chi connectivity index (χ0v) is 12.7. The molecule has 6 heteroatoms. The second kappa shape index (κ2) is 5.82. The number of pyridine rings is 1. The number of rotatable bonds is 3. The number of amides is 1. The van der Waals surface area contributed by atoms with E-state index < -0.39 is 0 Å². The van der Waals surface area contributed by atoms with Gasteiger partial charge in [-0.25, -0.2) is 0 Å². The fourth-order valence-electron chi connectivity index (χ4n) is 1.46. The summed E-state index contributed by atoms with van der Waals surface area (Å²) >= 11 is 10.8. The molecule has 0 aromatic carbocycles. The topological polar surface area (TPSA) is 33.2 Å². The highest BCUT2D eigenvalue weighted by Gasteiger charge is 2.14. The van der Waals surface area contributed by atoms with Gasteiger partial charge in [-0.2, -0.15) is 0 Å². The molecule has 0 aliphatic carbocycles. The predicted octanol–water partition coefficient (Wildman–Crippen LogP) is 3.83. The van der Waals surface area contributed by atoms with Gasteiger partial charge in [0.05, 0.1) is 6.54 Å². The van der Waals surface area contributed by atoms with Crippen molar-refractivity contribution in [2.45, 2.75) is 6.54 Å². The van der Waals surface area contributed by atoms with Gasteiger partial charge in [-0.1, -0.05) is 11.6 Å². The lowest BCUT2D eigenvalue weighted by molar-refractivity contribution is 0.0780. The average molecular weight is 346 g/mol. The molecule has 2 heterocycles. The van der Waals surface area contributed by atoms with E-state index in [1.165, 1.54) is 6.20 Å². The molecule has 3 nitrogen and oxygen atoms in total. The summed E-state index contributed by atoms with van der Waals surface area (Å²) in [6, 6.07) is 5.22. The van der Waals surface area contributed by atoms with E-state index >= 15 is 0 Å². The molecule has 0 N–H and O–H groups in total. The first kappa shape index (κ1) is 13.5. The summed E-state index contributed by atoms with van der Waals surface area (Å²) < 4.78 is 1.03. The highest BCUT2D eigenvalue weighted by molar-refractivity contribution is 9.10. The summed E-state index contributed by atoms with van der Waals surface area (Å²) in [5.74, 6) is -0.137. The van der Waals surface area contributed by atoms with Crippen LogP contribution in [0.5, 0.6) is 0 Å². The Bertz CT molecular complexity index is 573. The molecular formula is C12H10BrClN2OS. The van der Waals surface area contributed by atoms with Gasteiger partial charge in [0, 0.05) is 33.0 Å². The van der Waals surface area contributed by atoms with E-state index in [9.17, 15) is 4.79 Å². The van der Waals surface area contributed by atoms with E-state index in [0.29, 0.717) is 17.3 Å². The Balaban J connectivity index is 2.09. The van der Waals surface area contributed by atoms with Gasteiger partial charge in [-0.05, 0) is 34.1 Å². The summed E-state index contributed by atoms with van der Waals surface area (Å²) in [4.78, 5) is 18.9. The third-order valence-corrected chi connectivity index (χ3v) is 4.22. The van der Waals surface area contributed by atoms with Gasteiger partial charge in [0.1, 0.15) is 5.69 Å². The van der Waals surface area contributed by atoms with E-state index in [1.807, 2.05) is 11.4 Å². The molecule has 18 heavy (non-hydrogen) atoms. The van der Waals surface area contributed by atoms with Crippen LogP contribution in [0.1, 0.15) is 15.4 Å². The molecule has 2 aromatic rings. The molecule has 0 saturated heterocycles. The third-order valence-electron chi connectivity index (χ3n) is 2.30. The van der Waals surface area contributed by atoms with Crippen molar-refractivity contribution in [1.29, 1.82) is 0 Å². The Morgan fingerprint density at radius 3 is 2.94 bits per heavy atom. The molecule has 0 radical (unpaired) electrons. The maximum Gasteiger partial charge on any atom is 0.272 e. The van der Waals surface area contributed by atoms with Crippen LogP contribution in [0.25, 0.3) is 0 Å². The Hall–Kier alpha value is -0.910. The second-order valence-electron chi connectivity index (χ2n) is 3.75. The molecule has 0 spiro atoms. The molecule has 0 atom stereocenters. The van der Waals surface area contributed by atoms with Crippen LogP contribution >= 0.6 is 38.9 Å². The van der Waals surface area contributed by atoms with E-state index in [-0.39, 0.29) is 5.91 Å². The molecule has 0 fully saturated rings. The van der Waals surface area contributed by atoms with Crippen molar-refractivity contribution in [3.05, 3.63) is 49.8 Å². The van der Waals surface area contributed by atoms with Crippen LogP contribution in [0, 0.1) is 0 Å². The number of thiophene rings is 1. The third kappa shape index (κ3) is 3.31. The number of hydrogen-bond donors (Lipinski definition) is 0. The first-order chi connectivity index (χ1) is 8.56. The number of hydrogen-bond acceptors (Lipinski definition) is 3. The number of aromatic nitrogens is 1. The lowest BCUT2D eigenvalue weighted by Gasteiger charge is -2.15. The Morgan fingerprint density at radius 1 is 1.56 bits per heavy atom. The van der Waals surface area contributed by atoms with Crippen LogP contribution < -0.4 is 0 Å². The van der Waals surface area contributed by atoms with E-state index in [0.717, 1.165) is 9.35 Å². The molecule has 0 aliphatic heterocycles. The largest absolute Gasteiger partial charge is 0.335 e. The molecule has 0 bridgehead atoms. The standard InChI is InChI=1S/C12H10BrClN2OS/c1-16(6-10-4-8(13)7-18-10)12(17)11-5-9(14)2-3-15-11/h2-5,7H,6H2,1H3. The van der Waals surface area contributed by atoms with Crippen molar-refractivity contribution in [2.75, 3.05) is 7.05 Å². The lowest BCUT2D eigenvalue weighted by Crippen LogP contribution is -2.26. The molecule has 0 saturated carbocycles. The first-order valence-electron chi connectivity index (χ1n) is 5.16. The van der Waals surface area contributed by atoms with E-state index in [1.54, 1.807) is 35.4 Å². The van der Waals surface area contributed by atoms with Crippen LogP contribution in [-0.4, -0.2) is 22.8 Å². The van der Waals surface area contributed by atoms with Crippen molar-refractivity contribution in [2.24, 2.45) is 0 Å². The molecule has 0 aliphatic rings. The normalized spacial score (nSPS) is 10.4. The molecule has 2 aromatic heterocycles. The van der Waals surface area contributed by atoms with Gasteiger partial charge in [0.15, 0.2) is 0 Å². The Kier molecular flexibility index (Phi) is 4.37. The molecule has 0 unspecified atom stereocenters. The summed E-state index contributed by atoms with van der Waals surface area (Å²) in [5, 5.41) is 2.51. The number of nitrogens with zero attached hydrogens (tertiary/aromatic N) is 2. The van der Waals surface area contributed by atoms with E-state index in [4.69, 9.17) is 11.6 Å². The Morgan fingerprint density at radius 2 is 2.33 bits per heavy atom.